The van der Waals surface area contributed by atoms with E-state index in [-0.39, 0.29) is 0 Å². The van der Waals surface area contributed by atoms with Gasteiger partial charge in [0.05, 0.1) is 22.1 Å². The second-order valence-electron chi connectivity index (χ2n) is 36.6. The second kappa shape index (κ2) is 36.0. The van der Waals surface area contributed by atoms with E-state index < -0.39 is 0 Å². The van der Waals surface area contributed by atoms with Crippen molar-refractivity contribution < 1.29 is 0 Å². The summed E-state index contributed by atoms with van der Waals surface area (Å²) < 4.78 is 4.53. The number of para-hydroxylation sites is 5. The molecule has 28 aromatic rings. The number of rotatable bonds is 13. The van der Waals surface area contributed by atoms with E-state index in [0.29, 0.717) is 0 Å². The van der Waals surface area contributed by atoms with Gasteiger partial charge < -0.3 is 0 Å². The molecular formula is C136H88N6. The molecule has 0 saturated heterocycles. The minimum absolute atomic E-state index is 0.933. The third-order valence-corrected chi connectivity index (χ3v) is 28.3. The fourth-order valence-electron chi connectivity index (χ4n) is 21.7. The van der Waals surface area contributed by atoms with Crippen LogP contribution in [-0.4, -0.2) is 29.1 Å². The molecule has 0 spiro atoms. The zero-order valence-electron chi connectivity index (χ0n) is 77.5. The van der Waals surface area contributed by atoms with Crippen LogP contribution in [-0.2, 0) is 0 Å². The first kappa shape index (κ1) is 83.7. The maximum atomic E-state index is 5.12. The van der Waals surface area contributed by atoms with Crippen LogP contribution in [0.5, 0.6) is 0 Å². The molecule has 662 valence electrons. The van der Waals surface area contributed by atoms with Gasteiger partial charge in [-0.3, -0.25) is 19.1 Å². The van der Waals surface area contributed by atoms with E-state index >= 15 is 0 Å². The van der Waals surface area contributed by atoms with Crippen molar-refractivity contribution in [3.8, 4) is 134 Å². The van der Waals surface area contributed by atoms with E-state index in [4.69, 9.17) is 9.97 Å². The average Bonchev–Trinajstić information content (AvgIpc) is 0.941. The molecule has 0 atom stereocenters. The number of pyridine rings is 2. The first-order chi connectivity index (χ1) is 70.4. The molecule has 6 nitrogen and oxygen atoms in total. The average molecular weight is 1810 g/mol. The van der Waals surface area contributed by atoms with Gasteiger partial charge in [-0.05, 0) is 300 Å². The summed E-state index contributed by atoms with van der Waals surface area (Å²) in [7, 11) is 0. The Morgan fingerprint density at radius 2 is 0.401 bits per heavy atom. The van der Waals surface area contributed by atoms with E-state index in [1.807, 2.05) is 43.0 Å². The van der Waals surface area contributed by atoms with Crippen LogP contribution in [0, 0.1) is 0 Å². The van der Waals surface area contributed by atoms with Crippen molar-refractivity contribution in [3.63, 3.8) is 0 Å². The van der Waals surface area contributed by atoms with Gasteiger partial charge in [0.25, 0.3) is 0 Å². The molecule has 0 bridgehead atoms. The van der Waals surface area contributed by atoms with Crippen LogP contribution in [0.1, 0.15) is 0 Å². The Bertz CT molecular complexity index is 9660. The van der Waals surface area contributed by atoms with Crippen molar-refractivity contribution >= 4 is 130 Å². The van der Waals surface area contributed by atoms with E-state index in [1.54, 1.807) is 0 Å². The summed E-state index contributed by atoms with van der Waals surface area (Å²) in [6.45, 7) is 0. The molecule has 4 heterocycles. The summed E-state index contributed by atoms with van der Waals surface area (Å²) in [4.78, 5) is 18.8. The third kappa shape index (κ3) is 15.2. The van der Waals surface area contributed by atoms with Crippen LogP contribution in [0.25, 0.3) is 264 Å². The third-order valence-electron chi connectivity index (χ3n) is 28.3. The van der Waals surface area contributed by atoms with E-state index in [0.717, 1.165) is 84.0 Å². The van der Waals surface area contributed by atoms with Crippen molar-refractivity contribution in [3.05, 3.63) is 534 Å². The minimum atomic E-state index is 0.933. The van der Waals surface area contributed by atoms with E-state index in [9.17, 15) is 0 Å². The Labute approximate surface area is 821 Å². The van der Waals surface area contributed by atoms with E-state index in [1.165, 1.54) is 180 Å². The molecule has 0 radical (unpaired) electrons. The second-order valence-corrected chi connectivity index (χ2v) is 36.6. The molecule has 28 rings (SSSR count). The van der Waals surface area contributed by atoms with Crippen LogP contribution < -0.4 is 0 Å². The van der Waals surface area contributed by atoms with Crippen molar-refractivity contribution in [2.45, 2.75) is 0 Å². The monoisotopic (exact) mass is 1800 g/mol. The Kier molecular flexibility index (Phi) is 21.2. The molecule has 0 aliphatic heterocycles. The number of imidazole rings is 2. The lowest BCUT2D eigenvalue weighted by atomic mass is 9.84. The first-order valence-electron chi connectivity index (χ1n) is 48.5. The Hall–Kier alpha value is -18.9. The fourth-order valence-corrected chi connectivity index (χ4v) is 21.7. The standard InChI is InChI=1S/C53H34N2.C43H28N2.C40H26N2/c1-2-16-44(17-3-1)55-50-21-11-10-20-49(50)54-53(55)38-26-22-37(23-27-38)41-30-31-47-48(34-41)52(43-29-25-36-13-5-7-15-40(36)33-43)46-19-9-8-18-45(46)51(47)42-28-24-35-12-4-6-14-39(35)32-42;1-2-13-31(14-3-1)43-44-39-20-10-11-21-40(39)45(43)34-26-24-30(25-27-34)41-35-16-6-8-18-37(35)42(38-19-9-7-17-36(38)41)33-23-22-29-12-4-5-15-32(29)28-33;1-2-8-28(9-3-1)39-35-10-4-6-12-37(35)40(38-13-7-5-11-36(38)39)32-17-16-29-22-31(15-14-30(29)23-32)34-24-33(25-42-26-34)27-18-20-41-21-19-27/h1-34H;1-28H;1-26H. The summed E-state index contributed by atoms with van der Waals surface area (Å²) in [6, 6.07) is 184. The number of fused-ring (bicyclic) bond motifs is 12. The highest BCUT2D eigenvalue weighted by atomic mass is 15.1. The molecule has 0 amide bonds. The van der Waals surface area contributed by atoms with Crippen molar-refractivity contribution in [2.24, 2.45) is 0 Å². The number of hydrogen-bond acceptors (Lipinski definition) is 4. The van der Waals surface area contributed by atoms with Gasteiger partial charge in [0.2, 0.25) is 0 Å². The molecule has 142 heavy (non-hydrogen) atoms. The highest BCUT2D eigenvalue weighted by Gasteiger charge is 2.25. The quantitative estimate of drug-likeness (QED) is 0.108. The Balaban J connectivity index is 0.000000110. The van der Waals surface area contributed by atoms with Crippen LogP contribution in [0.15, 0.2) is 534 Å². The van der Waals surface area contributed by atoms with Crippen molar-refractivity contribution in [1.82, 2.24) is 29.1 Å². The predicted octanol–water partition coefficient (Wildman–Crippen LogP) is 36.4. The van der Waals surface area contributed by atoms with Crippen molar-refractivity contribution in [1.29, 1.82) is 0 Å². The maximum absolute atomic E-state index is 5.12. The van der Waals surface area contributed by atoms with Crippen LogP contribution >= 0.6 is 0 Å². The number of benzene rings is 24. The molecule has 6 heteroatoms. The largest absolute Gasteiger partial charge is 0.292 e. The molecule has 0 aliphatic carbocycles. The van der Waals surface area contributed by atoms with Gasteiger partial charge in [-0.1, -0.05) is 406 Å². The SMILES string of the molecule is c1ccc(-c2c3ccccc3c(-c3ccc4cc(-c5cncc(-c6ccncc6)c5)ccc4c3)c3ccccc23)cc1.c1ccc(-c2nc3ccccc3n2-c2ccc(-c3c4ccccc4c(-c4ccc5ccccc5c4)c4ccccc34)cc2)cc1.c1ccc(-n2c(-c3ccc(-c4ccc5c(-c6ccc7ccccc7c6)c6ccccc6c(-c6ccc7ccccc7c6)c5c4)cc3)nc3ccccc32)cc1. The maximum Gasteiger partial charge on any atom is 0.145 e. The zero-order chi connectivity index (χ0) is 93.9. The fraction of sp³-hybridized carbons (Fsp3) is 0. The Morgan fingerprint density at radius 1 is 0.141 bits per heavy atom. The highest BCUT2D eigenvalue weighted by Crippen LogP contribution is 2.51. The van der Waals surface area contributed by atoms with Crippen molar-refractivity contribution in [2.75, 3.05) is 0 Å². The van der Waals surface area contributed by atoms with Gasteiger partial charge >= 0.3 is 0 Å². The smallest absolute Gasteiger partial charge is 0.145 e. The van der Waals surface area contributed by atoms with E-state index in [2.05, 4.69) is 510 Å². The molecule has 0 fully saturated rings. The zero-order valence-corrected chi connectivity index (χ0v) is 77.5. The molecular weight excluding hydrogens is 1720 g/mol. The molecule has 0 N–H and O–H groups in total. The molecule has 0 unspecified atom stereocenters. The van der Waals surface area contributed by atoms with Gasteiger partial charge in [0.1, 0.15) is 11.6 Å². The molecule has 4 aromatic heterocycles. The summed E-state index contributed by atoms with van der Waals surface area (Å²) in [5, 5.41) is 25.0. The van der Waals surface area contributed by atoms with Gasteiger partial charge in [-0.15, -0.1) is 0 Å². The summed E-state index contributed by atoms with van der Waals surface area (Å²) in [5.41, 5.74) is 30.3. The minimum Gasteiger partial charge on any atom is -0.292 e. The normalized spacial score (nSPS) is 11.5. The number of hydrogen-bond donors (Lipinski definition) is 0. The summed E-state index contributed by atoms with van der Waals surface area (Å²) in [6.07, 6.45) is 7.48. The molecule has 0 aliphatic rings. The lowest BCUT2D eigenvalue weighted by Gasteiger charge is -2.19. The molecule has 0 saturated carbocycles. The van der Waals surface area contributed by atoms with Crippen LogP contribution in [0.3, 0.4) is 0 Å². The molecule has 24 aromatic carbocycles. The van der Waals surface area contributed by atoms with Gasteiger partial charge in [-0.2, -0.15) is 0 Å². The lowest BCUT2D eigenvalue weighted by molar-refractivity contribution is 1.10. The van der Waals surface area contributed by atoms with Crippen LogP contribution in [0.2, 0.25) is 0 Å². The van der Waals surface area contributed by atoms with Crippen LogP contribution in [0.4, 0.5) is 0 Å². The summed E-state index contributed by atoms with van der Waals surface area (Å²) in [5.74, 6) is 1.88. The van der Waals surface area contributed by atoms with Gasteiger partial charge in [-0.25, -0.2) is 9.97 Å². The lowest BCUT2D eigenvalue weighted by Crippen LogP contribution is -1.97. The summed E-state index contributed by atoms with van der Waals surface area (Å²) >= 11 is 0. The van der Waals surface area contributed by atoms with Gasteiger partial charge in [0, 0.05) is 58.4 Å². The first-order valence-corrected chi connectivity index (χ1v) is 48.5. The highest BCUT2D eigenvalue weighted by molar-refractivity contribution is 6.26. The Morgan fingerprint density at radius 3 is 0.831 bits per heavy atom. The number of nitrogens with zero attached hydrogens (tertiary/aromatic N) is 6. The topological polar surface area (TPSA) is 61.4 Å². The predicted molar refractivity (Wildman–Crippen MR) is 599 cm³/mol. The van der Waals surface area contributed by atoms with Gasteiger partial charge in [0.15, 0.2) is 0 Å². The number of aromatic nitrogens is 6.